The van der Waals surface area contributed by atoms with Gasteiger partial charge in [0.05, 0.1) is 12.9 Å². The lowest BCUT2D eigenvalue weighted by molar-refractivity contribution is 0.0462. The van der Waals surface area contributed by atoms with Gasteiger partial charge in [-0.2, -0.15) is 0 Å². The summed E-state index contributed by atoms with van der Waals surface area (Å²) in [4.78, 5) is 7.42. The molecule has 0 heterocycles. The summed E-state index contributed by atoms with van der Waals surface area (Å²) in [6.07, 6.45) is 3.54. The van der Waals surface area contributed by atoms with Gasteiger partial charge >= 0.3 is 0 Å². The molecule has 7 nitrogen and oxygen atoms in total. The third kappa shape index (κ3) is 5.64. The average Bonchev–Trinajstić information content (AvgIpc) is 2.51. The molecule has 126 valence electrons. The van der Waals surface area contributed by atoms with Crippen LogP contribution in [0.2, 0.25) is 0 Å². The highest BCUT2D eigenvalue weighted by molar-refractivity contribution is 5.69. The van der Waals surface area contributed by atoms with Crippen LogP contribution in [0.15, 0.2) is 40.1 Å². The molecule has 0 aliphatic carbocycles. The van der Waals surface area contributed by atoms with Gasteiger partial charge in [0.25, 0.3) is 0 Å². The summed E-state index contributed by atoms with van der Waals surface area (Å²) < 4.78 is 27.0. The van der Waals surface area contributed by atoms with Gasteiger partial charge in [0, 0.05) is 36.6 Å². The van der Waals surface area contributed by atoms with Crippen molar-refractivity contribution in [1.29, 1.82) is 0 Å². The molecule has 8 N–H and O–H groups in total. The zero-order chi connectivity index (χ0) is 17.3. The number of benzene rings is 1. The summed E-state index contributed by atoms with van der Waals surface area (Å²) in [5, 5.41) is 13.5. The van der Waals surface area contributed by atoms with Crippen LogP contribution in [0.3, 0.4) is 0 Å². The van der Waals surface area contributed by atoms with Gasteiger partial charge in [0.2, 0.25) is 0 Å². The molecule has 0 saturated heterocycles. The van der Waals surface area contributed by atoms with Crippen LogP contribution >= 0.6 is 0 Å². The van der Waals surface area contributed by atoms with E-state index in [-0.39, 0.29) is 25.2 Å². The molecule has 0 aliphatic heterocycles. The summed E-state index contributed by atoms with van der Waals surface area (Å²) in [7, 11) is 0. The van der Waals surface area contributed by atoms with Crippen molar-refractivity contribution in [3.8, 4) is 0 Å². The first kappa shape index (κ1) is 18.5. The Labute approximate surface area is 132 Å². The lowest BCUT2D eigenvalue weighted by Crippen LogP contribution is -2.40. The summed E-state index contributed by atoms with van der Waals surface area (Å²) in [6, 6.07) is 2.89. The fourth-order valence-corrected chi connectivity index (χ4v) is 1.79. The molecular weight excluding hydrogens is 306 g/mol. The highest BCUT2D eigenvalue weighted by atomic mass is 19.1. The van der Waals surface area contributed by atoms with Crippen molar-refractivity contribution in [3.63, 3.8) is 0 Å². The number of aliphatic hydroxyl groups is 1. The van der Waals surface area contributed by atoms with Crippen LogP contribution in [0.25, 0.3) is 0 Å². The van der Waals surface area contributed by atoms with Gasteiger partial charge in [0.1, 0.15) is 23.6 Å². The molecule has 0 spiro atoms. The molecule has 0 saturated carbocycles. The Hall–Kier alpha value is -2.52. The summed E-state index contributed by atoms with van der Waals surface area (Å²) in [5.41, 5.74) is 14.4. The second-order valence-electron chi connectivity index (χ2n) is 4.71. The molecule has 0 aromatic heterocycles. The smallest absolute Gasteiger partial charge is 0.132 e. The Morgan fingerprint density at radius 3 is 2.74 bits per heavy atom. The highest BCUT2D eigenvalue weighted by Crippen LogP contribution is 2.24. The molecule has 1 atom stereocenters. The molecule has 0 amide bonds. The predicted molar refractivity (Wildman–Crippen MR) is 85.6 cm³/mol. The number of hydrogen-bond donors (Lipinski definition) is 5. The van der Waals surface area contributed by atoms with Crippen molar-refractivity contribution < 1.29 is 13.9 Å². The highest BCUT2D eigenvalue weighted by Gasteiger charge is 2.31. The van der Waals surface area contributed by atoms with E-state index in [1.54, 1.807) is 0 Å². The van der Waals surface area contributed by atoms with Crippen LogP contribution in [0, 0.1) is 11.6 Å². The fourth-order valence-electron chi connectivity index (χ4n) is 1.79. The molecular formula is C14H20F2N6O. The second kappa shape index (κ2) is 8.81. The Balaban J connectivity index is 3.03. The van der Waals surface area contributed by atoms with Crippen molar-refractivity contribution in [3.05, 3.63) is 47.3 Å². The van der Waals surface area contributed by atoms with Crippen molar-refractivity contribution in [2.45, 2.75) is 5.60 Å². The molecule has 1 aromatic rings. The van der Waals surface area contributed by atoms with Crippen LogP contribution < -0.4 is 22.5 Å². The Bertz CT molecular complexity index is 605. The summed E-state index contributed by atoms with van der Waals surface area (Å²) in [5.74, 6) is -1.63. The first-order chi connectivity index (χ1) is 10.9. The lowest BCUT2D eigenvalue weighted by atomic mass is 9.93. The monoisotopic (exact) mass is 326 g/mol. The van der Waals surface area contributed by atoms with E-state index in [0.29, 0.717) is 11.8 Å². The summed E-state index contributed by atoms with van der Waals surface area (Å²) in [6.45, 7) is -0.226. The van der Waals surface area contributed by atoms with Crippen molar-refractivity contribution in [2.24, 2.45) is 27.2 Å². The van der Waals surface area contributed by atoms with Crippen LogP contribution in [0.5, 0.6) is 0 Å². The van der Waals surface area contributed by atoms with Gasteiger partial charge in [-0.15, -0.1) is 0 Å². The topological polar surface area (TPSA) is 135 Å². The molecule has 0 fully saturated rings. The largest absolute Gasteiger partial charge is 0.400 e. The van der Waals surface area contributed by atoms with E-state index in [4.69, 9.17) is 17.2 Å². The number of rotatable bonds is 8. The molecule has 1 unspecified atom stereocenters. The Morgan fingerprint density at radius 1 is 1.39 bits per heavy atom. The van der Waals surface area contributed by atoms with Gasteiger partial charge in [0.15, 0.2) is 0 Å². The maximum Gasteiger partial charge on any atom is 0.132 e. The lowest BCUT2D eigenvalue weighted by Gasteiger charge is -2.27. The molecule has 9 heteroatoms. The standard InChI is InChI=1S/C14H20F2N6O/c15-10-1-2-12(13(16)3-10)14(23,7-21-9-22-8-18)6-20-5-11(19)4-17/h1-3,5,8-9,20,23H,4,6-7,17,19H2,(H2,18,21,22)/b11-5-. The van der Waals surface area contributed by atoms with Crippen LogP contribution in [0.1, 0.15) is 5.56 Å². The van der Waals surface area contributed by atoms with E-state index < -0.39 is 17.2 Å². The molecule has 23 heavy (non-hydrogen) atoms. The van der Waals surface area contributed by atoms with E-state index in [1.165, 1.54) is 6.20 Å². The average molecular weight is 326 g/mol. The third-order valence-electron chi connectivity index (χ3n) is 2.94. The van der Waals surface area contributed by atoms with Crippen molar-refractivity contribution in [2.75, 3.05) is 19.6 Å². The molecule has 0 aliphatic rings. The van der Waals surface area contributed by atoms with Crippen molar-refractivity contribution >= 4 is 12.7 Å². The zero-order valence-electron chi connectivity index (χ0n) is 12.4. The Morgan fingerprint density at radius 2 is 2.13 bits per heavy atom. The van der Waals surface area contributed by atoms with E-state index in [1.807, 2.05) is 0 Å². The second-order valence-corrected chi connectivity index (χ2v) is 4.71. The minimum atomic E-state index is -1.75. The van der Waals surface area contributed by atoms with Crippen LogP contribution in [-0.4, -0.2) is 37.4 Å². The quantitative estimate of drug-likeness (QED) is 0.325. The molecule has 0 bridgehead atoms. The van der Waals surface area contributed by atoms with Gasteiger partial charge in [-0.05, 0) is 6.07 Å². The maximum absolute atomic E-state index is 14.0. The van der Waals surface area contributed by atoms with E-state index in [9.17, 15) is 13.9 Å². The zero-order valence-corrected chi connectivity index (χ0v) is 12.4. The number of hydrogen-bond acceptors (Lipinski definition) is 5. The SMILES string of the molecule is NC=NC=NCC(O)(CN/C=C(\N)CN)c1ccc(F)cc1F. The number of halogens is 2. The first-order valence-electron chi connectivity index (χ1n) is 6.70. The predicted octanol–water partition coefficient (Wildman–Crippen LogP) is -0.484. The van der Waals surface area contributed by atoms with Crippen LogP contribution in [0.4, 0.5) is 8.78 Å². The third-order valence-corrected chi connectivity index (χ3v) is 2.94. The fraction of sp³-hybridized carbons (Fsp3) is 0.286. The maximum atomic E-state index is 14.0. The molecule has 1 aromatic carbocycles. The van der Waals surface area contributed by atoms with E-state index >= 15 is 0 Å². The van der Waals surface area contributed by atoms with Gasteiger partial charge in [-0.1, -0.05) is 6.07 Å². The number of aliphatic imine (C=N–C) groups is 2. The van der Waals surface area contributed by atoms with E-state index in [2.05, 4.69) is 15.3 Å². The molecule has 1 rings (SSSR count). The number of nitrogens with two attached hydrogens (primary N) is 3. The minimum absolute atomic E-state index is 0.111. The number of nitrogens with zero attached hydrogens (tertiary/aromatic N) is 2. The van der Waals surface area contributed by atoms with Gasteiger partial charge in [-0.3, -0.25) is 4.99 Å². The van der Waals surface area contributed by atoms with E-state index in [0.717, 1.165) is 24.8 Å². The van der Waals surface area contributed by atoms with Gasteiger partial charge in [-0.25, -0.2) is 13.8 Å². The number of nitrogens with one attached hydrogen (secondary N) is 1. The van der Waals surface area contributed by atoms with Crippen molar-refractivity contribution in [1.82, 2.24) is 5.32 Å². The summed E-state index contributed by atoms with van der Waals surface area (Å²) >= 11 is 0. The first-order valence-corrected chi connectivity index (χ1v) is 6.70. The normalized spacial score (nSPS) is 15.2. The van der Waals surface area contributed by atoms with Crippen LogP contribution in [-0.2, 0) is 5.60 Å². The minimum Gasteiger partial charge on any atom is -0.400 e. The Kier molecular flexibility index (Phi) is 7.10. The van der Waals surface area contributed by atoms with Gasteiger partial charge < -0.3 is 27.6 Å². The molecule has 0 radical (unpaired) electrons.